The van der Waals surface area contributed by atoms with Gasteiger partial charge in [0.25, 0.3) is 0 Å². The second-order valence-corrected chi connectivity index (χ2v) is 11.4. The first-order valence-electron chi connectivity index (χ1n) is 10.9. The van der Waals surface area contributed by atoms with Crippen molar-refractivity contribution in [3.8, 4) is 5.75 Å². The van der Waals surface area contributed by atoms with E-state index in [0.29, 0.717) is 0 Å². The molecule has 0 saturated carbocycles. The molecular formula is C21H27Cl2N4O8P. The van der Waals surface area contributed by atoms with Crippen molar-refractivity contribution in [2.45, 2.75) is 55.7 Å². The van der Waals surface area contributed by atoms with Gasteiger partial charge >= 0.3 is 19.4 Å². The van der Waals surface area contributed by atoms with Crippen LogP contribution in [0.15, 0.2) is 47.4 Å². The van der Waals surface area contributed by atoms with Crippen molar-refractivity contribution < 1.29 is 33.0 Å². The lowest BCUT2D eigenvalue weighted by molar-refractivity contribution is -0.149. The SMILES string of the molecule is CC(C)OC(=O)[C@@H](C)N[P@](=O)(OC[C@H]1O[C@@H](n2ccc(N)nc2=O)C(Cl)(Cl)[C@@H]1O)Oc1ccccc1. The summed E-state index contributed by atoms with van der Waals surface area (Å²) in [7, 11) is -4.25. The number of hydrogen-bond acceptors (Lipinski definition) is 10. The lowest BCUT2D eigenvalue weighted by Crippen LogP contribution is -2.40. The number of hydrogen-bond donors (Lipinski definition) is 3. The molecule has 1 aliphatic heterocycles. The Kier molecular flexibility index (Phi) is 9.05. The number of halogens is 2. The highest BCUT2D eigenvalue weighted by molar-refractivity contribution is 7.52. The quantitative estimate of drug-likeness (QED) is 0.220. The number of para-hydroxylation sites is 1. The van der Waals surface area contributed by atoms with Crippen LogP contribution in [-0.4, -0.2) is 55.9 Å². The summed E-state index contributed by atoms with van der Waals surface area (Å²) in [6.07, 6.45) is -3.33. The summed E-state index contributed by atoms with van der Waals surface area (Å²) in [6.45, 7) is 4.22. The Morgan fingerprint density at radius 3 is 2.58 bits per heavy atom. The molecular weight excluding hydrogens is 538 g/mol. The standard InChI is InChI=1S/C21H27Cl2N4O8P/c1-12(2)33-18(29)13(3)26-36(31,35-14-7-5-4-6-8-14)32-11-15-17(28)21(22,23)19(34-15)27-10-9-16(24)25-20(27)30/h4-10,12-13,15,17,19,28H,11H2,1-3H3,(H,26,31)(H2,24,25,30)/t13-,15-,17-,19-,36+/m1/s1. The number of aromatic nitrogens is 2. The molecule has 1 saturated heterocycles. The van der Waals surface area contributed by atoms with Crippen LogP contribution in [0.4, 0.5) is 5.82 Å². The third kappa shape index (κ3) is 6.77. The molecule has 5 atom stereocenters. The molecule has 1 aromatic heterocycles. The molecule has 198 valence electrons. The molecule has 1 aliphatic rings. The van der Waals surface area contributed by atoms with Crippen LogP contribution in [0.3, 0.4) is 0 Å². The van der Waals surface area contributed by atoms with E-state index in [1.807, 2.05) is 0 Å². The average Bonchev–Trinajstić information content (AvgIpc) is 3.01. The number of rotatable bonds is 10. The van der Waals surface area contributed by atoms with Crippen LogP contribution in [0.2, 0.25) is 0 Å². The summed E-state index contributed by atoms with van der Waals surface area (Å²) in [5, 5.41) is 13.2. The second kappa shape index (κ2) is 11.5. The van der Waals surface area contributed by atoms with E-state index in [4.69, 9.17) is 47.5 Å². The van der Waals surface area contributed by atoms with Crippen LogP contribution in [0.5, 0.6) is 5.75 Å². The predicted molar refractivity (Wildman–Crippen MR) is 132 cm³/mol. The summed E-state index contributed by atoms with van der Waals surface area (Å²) in [4.78, 5) is 28.1. The third-order valence-corrected chi connectivity index (χ3v) is 7.38. The number of carbonyl (C=O) groups excluding carboxylic acids is 1. The smallest absolute Gasteiger partial charge is 0.459 e. The highest BCUT2D eigenvalue weighted by atomic mass is 35.5. The normalized spacial score (nSPS) is 23.7. The Bertz CT molecular complexity index is 1170. The molecule has 1 aromatic carbocycles. The van der Waals surface area contributed by atoms with Gasteiger partial charge in [-0.05, 0) is 39.0 Å². The van der Waals surface area contributed by atoms with E-state index in [2.05, 4.69) is 10.1 Å². The van der Waals surface area contributed by atoms with E-state index >= 15 is 0 Å². The summed E-state index contributed by atoms with van der Waals surface area (Å²) < 4.78 is 34.5. The average molecular weight is 565 g/mol. The van der Waals surface area contributed by atoms with Gasteiger partial charge in [-0.2, -0.15) is 10.1 Å². The number of ether oxygens (including phenoxy) is 2. The fourth-order valence-electron chi connectivity index (χ4n) is 3.22. The molecule has 0 aliphatic carbocycles. The molecule has 0 unspecified atom stereocenters. The van der Waals surface area contributed by atoms with Crippen LogP contribution in [0, 0.1) is 0 Å². The van der Waals surface area contributed by atoms with E-state index in [-0.39, 0.29) is 11.6 Å². The molecule has 15 heteroatoms. The Hall–Kier alpha value is -2.18. The van der Waals surface area contributed by atoms with Gasteiger partial charge in [0.15, 0.2) is 10.6 Å². The number of nitrogens with zero attached hydrogens (tertiary/aromatic N) is 2. The molecule has 0 amide bonds. The minimum absolute atomic E-state index is 0.0281. The number of aliphatic hydroxyl groups is 1. The number of carbonyl (C=O) groups is 1. The first-order valence-corrected chi connectivity index (χ1v) is 13.2. The van der Waals surface area contributed by atoms with Crippen LogP contribution < -0.4 is 21.0 Å². The number of esters is 1. The predicted octanol–water partition coefficient (Wildman–Crippen LogP) is 2.39. The van der Waals surface area contributed by atoms with Crippen molar-refractivity contribution in [2.75, 3.05) is 12.3 Å². The first-order chi connectivity index (χ1) is 16.8. The van der Waals surface area contributed by atoms with Gasteiger partial charge in [-0.1, -0.05) is 41.4 Å². The van der Waals surface area contributed by atoms with E-state index < -0.39 is 60.9 Å². The maximum atomic E-state index is 13.6. The van der Waals surface area contributed by atoms with E-state index in [1.165, 1.54) is 31.3 Å². The minimum atomic E-state index is -4.25. The van der Waals surface area contributed by atoms with Gasteiger partial charge in [-0.15, -0.1) is 0 Å². The van der Waals surface area contributed by atoms with Crippen LogP contribution in [-0.2, 0) is 23.4 Å². The maximum Gasteiger partial charge on any atom is 0.459 e. The van der Waals surface area contributed by atoms with E-state index in [9.17, 15) is 19.3 Å². The molecule has 1 fully saturated rings. The van der Waals surface area contributed by atoms with Crippen LogP contribution in [0.25, 0.3) is 0 Å². The Morgan fingerprint density at radius 1 is 1.31 bits per heavy atom. The Labute approximate surface area is 217 Å². The van der Waals surface area contributed by atoms with Crippen molar-refractivity contribution in [1.82, 2.24) is 14.6 Å². The minimum Gasteiger partial charge on any atom is -0.462 e. The van der Waals surface area contributed by atoms with Gasteiger partial charge < -0.3 is 24.8 Å². The van der Waals surface area contributed by atoms with Gasteiger partial charge in [-0.3, -0.25) is 13.9 Å². The lowest BCUT2D eigenvalue weighted by Gasteiger charge is -2.25. The fourth-order valence-corrected chi connectivity index (χ4v) is 5.31. The molecule has 36 heavy (non-hydrogen) atoms. The molecule has 4 N–H and O–H groups in total. The number of anilines is 1. The van der Waals surface area contributed by atoms with E-state index in [1.54, 1.807) is 32.0 Å². The van der Waals surface area contributed by atoms with Crippen molar-refractivity contribution >= 4 is 42.7 Å². The molecule has 12 nitrogen and oxygen atoms in total. The number of nitrogen functional groups attached to an aromatic ring is 1. The number of nitrogens with two attached hydrogens (primary N) is 1. The fraction of sp³-hybridized carbons (Fsp3) is 0.476. The Balaban J connectivity index is 1.79. The number of aliphatic hydroxyl groups excluding tert-OH is 1. The number of alkyl halides is 2. The lowest BCUT2D eigenvalue weighted by atomic mass is 10.2. The summed E-state index contributed by atoms with van der Waals surface area (Å²) in [5.74, 6) is -0.523. The highest BCUT2D eigenvalue weighted by Gasteiger charge is 2.56. The van der Waals surface area contributed by atoms with Crippen molar-refractivity contribution in [3.05, 3.63) is 53.1 Å². The van der Waals surface area contributed by atoms with Crippen LogP contribution in [0.1, 0.15) is 27.0 Å². The summed E-state index contributed by atoms with van der Waals surface area (Å²) in [5.41, 5.74) is 4.70. The molecule has 2 aromatic rings. The molecule has 0 bridgehead atoms. The summed E-state index contributed by atoms with van der Waals surface area (Å²) >= 11 is 12.6. The number of nitrogens with one attached hydrogen (secondary N) is 1. The van der Waals surface area contributed by atoms with Crippen molar-refractivity contribution in [1.29, 1.82) is 0 Å². The zero-order valence-electron chi connectivity index (χ0n) is 19.6. The first kappa shape index (κ1) is 28.4. The van der Waals surface area contributed by atoms with E-state index in [0.717, 1.165) is 4.57 Å². The zero-order chi connectivity index (χ0) is 26.7. The van der Waals surface area contributed by atoms with Crippen molar-refractivity contribution in [2.24, 2.45) is 0 Å². The monoisotopic (exact) mass is 564 g/mol. The van der Waals surface area contributed by atoms with Gasteiger partial charge in [0.1, 0.15) is 29.8 Å². The largest absolute Gasteiger partial charge is 0.462 e. The van der Waals surface area contributed by atoms with Crippen molar-refractivity contribution in [3.63, 3.8) is 0 Å². The molecule has 3 rings (SSSR count). The van der Waals surface area contributed by atoms with Crippen LogP contribution >= 0.6 is 30.9 Å². The zero-order valence-corrected chi connectivity index (χ0v) is 22.0. The van der Waals surface area contributed by atoms with Gasteiger partial charge in [-0.25, -0.2) is 9.36 Å². The third-order valence-electron chi connectivity index (χ3n) is 4.92. The topological polar surface area (TPSA) is 164 Å². The molecule has 0 spiro atoms. The highest BCUT2D eigenvalue weighted by Crippen LogP contribution is 2.49. The maximum absolute atomic E-state index is 13.6. The molecule has 2 heterocycles. The van der Waals surface area contributed by atoms with Gasteiger partial charge in [0.2, 0.25) is 0 Å². The van der Waals surface area contributed by atoms with Gasteiger partial charge in [0, 0.05) is 6.20 Å². The molecule has 0 radical (unpaired) electrons. The Morgan fingerprint density at radius 2 is 1.97 bits per heavy atom. The summed E-state index contributed by atoms with van der Waals surface area (Å²) in [6, 6.07) is 8.35. The number of benzene rings is 1. The second-order valence-electron chi connectivity index (χ2n) is 8.22. The van der Waals surface area contributed by atoms with Gasteiger partial charge in [0.05, 0.1) is 12.7 Å².